The van der Waals surface area contributed by atoms with Gasteiger partial charge < -0.3 is 5.32 Å². The van der Waals surface area contributed by atoms with E-state index >= 15 is 0 Å². The summed E-state index contributed by atoms with van der Waals surface area (Å²) in [6.07, 6.45) is 0. The van der Waals surface area contributed by atoms with Crippen LogP contribution in [0, 0.1) is 5.82 Å². The minimum atomic E-state index is -3.70. The van der Waals surface area contributed by atoms with Gasteiger partial charge in [-0.05, 0) is 42.6 Å². The van der Waals surface area contributed by atoms with Crippen molar-refractivity contribution in [3.8, 4) is 10.6 Å². The van der Waals surface area contributed by atoms with Gasteiger partial charge in [-0.25, -0.2) is 17.8 Å². The number of nitrogens with one attached hydrogen (secondary N) is 1. The number of amides is 1. The van der Waals surface area contributed by atoms with E-state index in [1.165, 1.54) is 41.7 Å². The molecule has 0 bridgehead atoms. The fourth-order valence-corrected chi connectivity index (χ4v) is 5.12. The maximum atomic E-state index is 13.0. The molecule has 0 aliphatic carbocycles. The molecule has 1 N–H and O–H groups in total. The van der Waals surface area contributed by atoms with Gasteiger partial charge in [-0.3, -0.25) is 4.79 Å². The molecule has 0 saturated heterocycles. The highest BCUT2D eigenvalue weighted by atomic mass is 32.2. The molecule has 0 saturated carbocycles. The smallest absolute Gasteiger partial charge is 0.238 e. The van der Waals surface area contributed by atoms with Crippen LogP contribution in [0.15, 0.2) is 47.2 Å². The van der Waals surface area contributed by atoms with E-state index in [9.17, 15) is 17.6 Å². The Labute approximate surface area is 164 Å². The van der Waals surface area contributed by atoms with Crippen LogP contribution in [0.25, 0.3) is 10.6 Å². The fourth-order valence-electron chi connectivity index (χ4n) is 2.32. The summed E-state index contributed by atoms with van der Waals surface area (Å²) >= 11 is 2.77. The van der Waals surface area contributed by atoms with Crippen molar-refractivity contribution in [2.24, 2.45) is 0 Å². The first-order valence-corrected chi connectivity index (χ1v) is 11.5. The molecule has 0 fully saturated rings. The van der Waals surface area contributed by atoms with Crippen molar-refractivity contribution in [3.63, 3.8) is 0 Å². The van der Waals surface area contributed by atoms with Gasteiger partial charge in [0.1, 0.15) is 16.1 Å². The van der Waals surface area contributed by atoms with E-state index in [4.69, 9.17) is 0 Å². The summed E-state index contributed by atoms with van der Waals surface area (Å²) in [4.78, 5) is 17.5. The molecule has 1 amide bonds. The number of aromatic nitrogens is 1. The Kier molecular flexibility index (Phi) is 6.03. The van der Waals surface area contributed by atoms with Crippen molar-refractivity contribution in [3.05, 3.63) is 63.5 Å². The average Bonchev–Trinajstić information content (AvgIpc) is 3.31. The van der Waals surface area contributed by atoms with E-state index in [1.54, 1.807) is 17.5 Å². The van der Waals surface area contributed by atoms with Crippen LogP contribution < -0.4 is 5.32 Å². The second kappa shape index (κ2) is 8.28. The molecular weight excluding hydrogens is 407 g/mol. The lowest BCUT2D eigenvalue weighted by atomic mass is 10.2. The molecular formula is C18H17FN2O3S3. The molecule has 1 unspecified atom stereocenters. The van der Waals surface area contributed by atoms with E-state index in [-0.39, 0.29) is 11.6 Å². The number of rotatable bonds is 7. The average molecular weight is 425 g/mol. The van der Waals surface area contributed by atoms with E-state index in [0.717, 1.165) is 4.88 Å². The Morgan fingerprint density at radius 1 is 1.22 bits per heavy atom. The van der Waals surface area contributed by atoms with Crippen LogP contribution >= 0.6 is 22.7 Å². The third-order valence-electron chi connectivity index (χ3n) is 3.92. The van der Waals surface area contributed by atoms with Crippen molar-refractivity contribution < 1.29 is 17.6 Å². The van der Waals surface area contributed by atoms with Crippen LogP contribution in [0.4, 0.5) is 4.39 Å². The highest BCUT2D eigenvalue weighted by molar-refractivity contribution is 7.92. The Balaban J connectivity index is 1.65. The van der Waals surface area contributed by atoms with Gasteiger partial charge in [0.15, 0.2) is 9.84 Å². The maximum absolute atomic E-state index is 13.0. The number of carbonyl (C=O) groups excluding carboxylic acids is 1. The van der Waals surface area contributed by atoms with Crippen LogP contribution in [0.3, 0.4) is 0 Å². The number of thiazole rings is 1. The van der Waals surface area contributed by atoms with Crippen LogP contribution in [0.1, 0.15) is 17.5 Å². The number of sulfone groups is 1. The predicted octanol–water partition coefficient (Wildman–Crippen LogP) is 3.63. The van der Waals surface area contributed by atoms with Crippen molar-refractivity contribution in [2.45, 2.75) is 24.5 Å². The summed E-state index contributed by atoms with van der Waals surface area (Å²) < 4.78 is 38.1. The Bertz CT molecular complexity index is 1010. The second-order valence-corrected chi connectivity index (χ2v) is 10.1. The minimum Gasteiger partial charge on any atom is -0.350 e. The van der Waals surface area contributed by atoms with Crippen molar-refractivity contribution in [2.75, 3.05) is 0 Å². The highest BCUT2D eigenvalue weighted by Gasteiger charge is 2.29. The number of hydrogen-bond acceptors (Lipinski definition) is 6. The normalized spacial score (nSPS) is 12.7. The Morgan fingerprint density at radius 2 is 1.96 bits per heavy atom. The molecule has 5 nitrogen and oxygen atoms in total. The summed E-state index contributed by atoms with van der Waals surface area (Å²) in [5.41, 5.74) is 1.09. The van der Waals surface area contributed by atoms with Crippen molar-refractivity contribution >= 4 is 38.4 Å². The van der Waals surface area contributed by atoms with E-state index in [1.807, 2.05) is 17.5 Å². The molecule has 142 valence electrons. The maximum Gasteiger partial charge on any atom is 0.238 e. The topological polar surface area (TPSA) is 76.1 Å². The minimum absolute atomic E-state index is 0.307. The third-order valence-corrected chi connectivity index (χ3v) is 7.72. The summed E-state index contributed by atoms with van der Waals surface area (Å²) in [7, 11) is -3.70. The lowest BCUT2D eigenvalue weighted by Crippen LogP contribution is -2.38. The third kappa shape index (κ3) is 5.00. The van der Waals surface area contributed by atoms with Gasteiger partial charge >= 0.3 is 0 Å². The predicted molar refractivity (Wildman–Crippen MR) is 106 cm³/mol. The molecule has 3 rings (SSSR count). The fraction of sp³-hybridized carbons (Fsp3) is 0.222. The lowest BCUT2D eigenvalue weighted by Gasteiger charge is -2.12. The molecule has 1 atom stereocenters. The number of halogens is 1. The van der Waals surface area contributed by atoms with Crippen LogP contribution in [0.5, 0.6) is 0 Å². The first-order chi connectivity index (χ1) is 12.8. The molecule has 9 heteroatoms. The van der Waals surface area contributed by atoms with Gasteiger partial charge in [0.05, 0.1) is 18.0 Å². The number of thiophene rings is 1. The number of hydrogen-bond donors (Lipinski definition) is 1. The second-order valence-electron chi connectivity index (χ2n) is 5.90. The molecule has 0 spiro atoms. The largest absolute Gasteiger partial charge is 0.350 e. The zero-order valence-corrected chi connectivity index (χ0v) is 16.8. The lowest BCUT2D eigenvalue weighted by molar-refractivity contribution is -0.120. The standard InChI is InChI=1S/C18H17FN2O3S3/c1-12(17(22)20-9-16-3-2-8-25-16)27(23,24)11-15-10-26-18(21-15)13-4-6-14(19)7-5-13/h2-8,10,12H,9,11H2,1H3,(H,20,22). The molecule has 3 aromatic rings. The summed E-state index contributed by atoms with van der Waals surface area (Å²) in [6.45, 7) is 1.69. The van der Waals surface area contributed by atoms with E-state index in [2.05, 4.69) is 10.3 Å². The van der Waals surface area contributed by atoms with Crippen molar-refractivity contribution in [1.29, 1.82) is 0 Å². The van der Waals surface area contributed by atoms with Gasteiger partial charge in [0, 0.05) is 15.8 Å². The molecule has 0 aliphatic heterocycles. The number of carbonyl (C=O) groups is 1. The monoisotopic (exact) mass is 424 g/mol. The summed E-state index contributed by atoms with van der Waals surface area (Å²) in [5.74, 6) is -1.20. The van der Waals surface area contributed by atoms with Gasteiger partial charge in [-0.2, -0.15) is 0 Å². The van der Waals surface area contributed by atoms with Gasteiger partial charge in [-0.1, -0.05) is 6.07 Å². The zero-order valence-electron chi connectivity index (χ0n) is 14.4. The van der Waals surface area contributed by atoms with Gasteiger partial charge in [0.25, 0.3) is 0 Å². The molecule has 0 aliphatic rings. The summed E-state index contributed by atoms with van der Waals surface area (Å²) in [6, 6.07) is 9.57. The molecule has 0 radical (unpaired) electrons. The van der Waals surface area contributed by atoms with Crippen LogP contribution in [0.2, 0.25) is 0 Å². The SMILES string of the molecule is CC(C(=O)NCc1cccs1)S(=O)(=O)Cc1csc(-c2ccc(F)cc2)n1. The molecule has 2 heterocycles. The van der Waals surface area contributed by atoms with Crippen LogP contribution in [-0.2, 0) is 26.9 Å². The first kappa shape index (κ1) is 19.7. The molecule has 1 aromatic carbocycles. The van der Waals surface area contributed by atoms with Crippen molar-refractivity contribution in [1.82, 2.24) is 10.3 Å². The quantitative estimate of drug-likeness (QED) is 0.628. The van der Waals surface area contributed by atoms with Crippen LogP contribution in [-0.4, -0.2) is 24.6 Å². The van der Waals surface area contributed by atoms with E-state index < -0.39 is 21.0 Å². The Morgan fingerprint density at radius 3 is 2.63 bits per heavy atom. The molecule has 2 aromatic heterocycles. The zero-order chi connectivity index (χ0) is 19.4. The highest BCUT2D eigenvalue weighted by Crippen LogP contribution is 2.25. The number of benzene rings is 1. The Hall–Kier alpha value is -2.10. The first-order valence-electron chi connectivity index (χ1n) is 8.07. The summed E-state index contributed by atoms with van der Waals surface area (Å²) in [5, 5.41) is 5.62. The number of nitrogens with zero attached hydrogens (tertiary/aromatic N) is 1. The van der Waals surface area contributed by atoms with Gasteiger partial charge in [0.2, 0.25) is 5.91 Å². The van der Waals surface area contributed by atoms with E-state index in [0.29, 0.717) is 22.8 Å². The molecule has 27 heavy (non-hydrogen) atoms. The van der Waals surface area contributed by atoms with Gasteiger partial charge in [-0.15, -0.1) is 22.7 Å².